The van der Waals surface area contributed by atoms with Gasteiger partial charge < -0.3 is 9.88 Å². The van der Waals surface area contributed by atoms with Gasteiger partial charge in [-0.2, -0.15) is 0 Å². The van der Waals surface area contributed by atoms with Crippen LogP contribution in [0.25, 0.3) is 11.4 Å². The molecular weight excluding hydrogens is 384 g/mol. The number of amides is 1. The first-order valence-electron chi connectivity index (χ1n) is 8.82. The average Bonchev–Trinajstić information content (AvgIpc) is 3.36. The van der Waals surface area contributed by atoms with Crippen LogP contribution in [0.5, 0.6) is 0 Å². The van der Waals surface area contributed by atoms with Crippen molar-refractivity contribution in [1.82, 2.24) is 19.4 Å². The van der Waals surface area contributed by atoms with Gasteiger partial charge in [-0.25, -0.2) is 18.7 Å². The van der Waals surface area contributed by atoms with Crippen molar-refractivity contribution in [2.24, 2.45) is 7.05 Å². The molecule has 1 saturated heterocycles. The third kappa shape index (κ3) is 4.10. The van der Waals surface area contributed by atoms with E-state index in [1.807, 2.05) is 29.1 Å². The van der Waals surface area contributed by atoms with Crippen LogP contribution in [0.15, 0.2) is 42.2 Å². The number of rotatable bonds is 5. The second-order valence-corrected chi connectivity index (χ2v) is 7.75. The summed E-state index contributed by atoms with van der Waals surface area (Å²) in [6.45, 7) is 0.674. The molecule has 3 aromatic rings. The van der Waals surface area contributed by atoms with Crippen molar-refractivity contribution < 1.29 is 13.6 Å². The molecule has 1 N–H and O–H groups in total. The third-order valence-electron chi connectivity index (χ3n) is 4.64. The fourth-order valence-electron chi connectivity index (χ4n) is 3.18. The summed E-state index contributed by atoms with van der Waals surface area (Å²) in [5, 5.41) is 5.00. The van der Waals surface area contributed by atoms with Crippen LogP contribution >= 0.6 is 11.3 Å². The Balaban J connectivity index is 1.37. The lowest BCUT2D eigenvalue weighted by molar-refractivity contribution is 0.0115. The molecule has 4 rings (SSSR count). The smallest absolute Gasteiger partial charge is 0.284 e. The van der Waals surface area contributed by atoms with Crippen LogP contribution in [-0.4, -0.2) is 44.4 Å². The van der Waals surface area contributed by atoms with E-state index in [1.165, 1.54) is 11.3 Å². The summed E-state index contributed by atoms with van der Waals surface area (Å²) in [4.78, 5) is 22.6. The van der Waals surface area contributed by atoms with E-state index in [1.54, 1.807) is 29.6 Å². The highest BCUT2D eigenvalue weighted by atomic mass is 32.1. The molecule has 1 aliphatic heterocycles. The Bertz CT molecular complexity index is 982. The summed E-state index contributed by atoms with van der Waals surface area (Å²) in [5.74, 6) is -2.87. The van der Waals surface area contributed by atoms with Gasteiger partial charge in [0, 0.05) is 37.6 Å². The zero-order chi connectivity index (χ0) is 19.7. The predicted octanol–water partition coefficient (Wildman–Crippen LogP) is 3.64. The van der Waals surface area contributed by atoms with Gasteiger partial charge >= 0.3 is 0 Å². The standard InChI is InChI=1S/C19H19F2N5OS/c1-25-12-22-8-16(25)15-10-28-18(24-15)17(27)23-14-4-2-13(3-5-14)9-26-7-6-19(20,21)11-26/h2-5,8,10,12H,6-7,9,11H2,1H3,(H,23,27). The molecule has 0 aliphatic carbocycles. The minimum Gasteiger partial charge on any atom is -0.332 e. The van der Waals surface area contributed by atoms with E-state index in [9.17, 15) is 13.6 Å². The van der Waals surface area contributed by atoms with Gasteiger partial charge in [-0.15, -0.1) is 11.3 Å². The Morgan fingerprint density at radius 2 is 2.11 bits per heavy atom. The Kier molecular flexibility index (Phi) is 4.94. The Labute approximate surface area is 164 Å². The van der Waals surface area contributed by atoms with Gasteiger partial charge in [0.2, 0.25) is 0 Å². The van der Waals surface area contributed by atoms with E-state index in [0.29, 0.717) is 29.5 Å². The maximum absolute atomic E-state index is 13.3. The first-order valence-corrected chi connectivity index (χ1v) is 9.70. The van der Waals surface area contributed by atoms with Crippen LogP contribution in [0.2, 0.25) is 0 Å². The van der Waals surface area contributed by atoms with Gasteiger partial charge in [0.15, 0.2) is 5.01 Å². The van der Waals surface area contributed by atoms with Crippen molar-refractivity contribution >= 4 is 22.9 Å². The summed E-state index contributed by atoms with van der Waals surface area (Å²) in [6.07, 6.45) is 3.29. The van der Waals surface area contributed by atoms with E-state index >= 15 is 0 Å². The van der Waals surface area contributed by atoms with E-state index < -0.39 is 5.92 Å². The van der Waals surface area contributed by atoms with Crippen molar-refractivity contribution in [1.29, 1.82) is 0 Å². The summed E-state index contributed by atoms with van der Waals surface area (Å²) in [5.41, 5.74) is 3.11. The van der Waals surface area contributed by atoms with E-state index in [0.717, 1.165) is 11.3 Å². The molecule has 146 valence electrons. The number of thiazole rings is 1. The Hall–Kier alpha value is -2.65. The zero-order valence-electron chi connectivity index (χ0n) is 15.2. The molecule has 0 atom stereocenters. The number of hydrogen-bond donors (Lipinski definition) is 1. The highest BCUT2D eigenvalue weighted by molar-refractivity contribution is 7.12. The van der Waals surface area contributed by atoms with Crippen molar-refractivity contribution in [3.8, 4) is 11.4 Å². The number of benzene rings is 1. The summed E-state index contributed by atoms with van der Waals surface area (Å²) in [7, 11) is 1.87. The number of hydrogen-bond acceptors (Lipinski definition) is 5. The lowest BCUT2D eigenvalue weighted by atomic mass is 10.2. The van der Waals surface area contributed by atoms with E-state index in [2.05, 4.69) is 15.3 Å². The van der Waals surface area contributed by atoms with Gasteiger partial charge in [-0.05, 0) is 17.7 Å². The lowest BCUT2D eigenvalue weighted by Gasteiger charge is -2.15. The molecule has 2 aromatic heterocycles. The lowest BCUT2D eigenvalue weighted by Crippen LogP contribution is -2.24. The molecule has 0 bridgehead atoms. The number of aromatic nitrogens is 3. The molecule has 0 spiro atoms. The Morgan fingerprint density at radius 1 is 1.32 bits per heavy atom. The number of imidazole rings is 1. The maximum Gasteiger partial charge on any atom is 0.284 e. The van der Waals surface area contributed by atoms with E-state index in [4.69, 9.17) is 0 Å². The van der Waals surface area contributed by atoms with E-state index in [-0.39, 0.29) is 18.9 Å². The normalized spacial score (nSPS) is 16.4. The second-order valence-electron chi connectivity index (χ2n) is 6.90. The maximum atomic E-state index is 13.3. The van der Waals surface area contributed by atoms with Crippen LogP contribution in [-0.2, 0) is 13.6 Å². The van der Waals surface area contributed by atoms with Gasteiger partial charge in [0.1, 0.15) is 5.69 Å². The Morgan fingerprint density at radius 3 is 2.75 bits per heavy atom. The van der Waals surface area contributed by atoms with Crippen LogP contribution < -0.4 is 5.32 Å². The van der Waals surface area contributed by atoms with Gasteiger partial charge in [-0.1, -0.05) is 12.1 Å². The van der Waals surface area contributed by atoms with Gasteiger partial charge in [-0.3, -0.25) is 9.69 Å². The minimum absolute atomic E-state index is 0.0875. The SMILES string of the molecule is Cn1cncc1-c1csc(C(=O)Nc2ccc(CN3CCC(F)(F)C3)cc2)n1. The van der Waals surface area contributed by atoms with Crippen LogP contribution in [0, 0.1) is 0 Å². The van der Waals surface area contributed by atoms with Crippen LogP contribution in [0.1, 0.15) is 21.8 Å². The van der Waals surface area contributed by atoms with Crippen molar-refractivity contribution in [2.75, 3.05) is 18.4 Å². The predicted molar refractivity (Wildman–Crippen MR) is 104 cm³/mol. The van der Waals surface area contributed by atoms with Crippen LogP contribution in [0.3, 0.4) is 0 Å². The molecular formula is C19H19F2N5OS. The molecule has 1 aromatic carbocycles. The summed E-state index contributed by atoms with van der Waals surface area (Å²) in [6, 6.07) is 7.23. The summed E-state index contributed by atoms with van der Waals surface area (Å²) >= 11 is 1.27. The second kappa shape index (κ2) is 7.40. The molecule has 3 heterocycles. The number of alkyl halides is 2. The number of aryl methyl sites for hydroxylation is 1. The molecule has 6 nitrogen and oxygen atoms in total. The van der Waals surface area contributed by atoms with Crippen molar-refractivity contribution in [3.05, 3.63) is 52.7 Å². The first kappa shape index (κ1) is 18.7. The minimum atomic E-state index is -2.59. The number of nitrogens with zero attached hydrogens (tertiary/aromatic N) is 4. The fourth-order valence-corrected chi connectivity index (χ4v) is 3.88. The average molecular weight is 403 g/mol. The number of halogens is 2. The molecule has 9 heteroatoms. The molecule has 0 unspecified atom stereocenters. The van der Waals surface area contributed by atoms with Crippen LogP contribution in [0.4, 0.5) is 14.5 Å². The fraction of sp³-hybridized carbons (Fsp3) is 0.316. The molecule has 1 amide bonds. The quantitative estimate of drug-likeness (QED) is 0.707. The van der Waals surface area contributed by atoms with Crippen molar-refractivity contribution in [2.45, 2.75) is 18.9 Å². The third-order valence-corrected chi connectivity index (χ3v) is 5.49. The van der Waals surface area contributed by atoms with Crippen molar-refractivity contribution in [3.63, 3.8) is 0 Å². The van der Waals surface area contributed by atoms with Gasteiger partial charge in [0.25, 0.3) is 11.8 Å². The highest BCUT2D eigenvalue weighted by Crippen LogP contribution is 2.28. The number of likely N-dealkylation sites (tertiary alicyclic amines) is 1. The number of carbonyl (C=O) groups is 1. The largest absolute Gasteiger partial charge is 0.332 e. The highest BCUT2D eigenvalue weighted by Gasteiger charge is 2.37. The monoisotopic (exact) mass is 403 g/mol. The number of carbonyl (C=O) groups excluding carboxylic acids is 1. The van der Waals surface area contributed by atoms with Gasteiger partial charge in [0.05, 0.1) is 24.8 Å². The summed E-state index contributed by atoms with van der Waals surface area (Å²) < 4.78 is 28.4. The number of nitrogens with one attached hydrogen (secondary N) is 1. The molecule has 0 radical (unpaired) electrons. The molecule has 1 aliphatic rings. The molecule has 0 saturated carbocycles. The topological polar surface area (TPSA) is 63.1 Å². The zero-order valence-corrected chi connectivity index (χ0v) is 16.0. The molecule has 1 fully saturated rings. The first-order chi connectivity index (χ1) is 13.4. The molecule has 28 heavy (non-hydrogen) atoms. The number of anilines is 1.